The highest BCUT2D eigenvalue weighted by Crippen LogP contribution is 2.42. The minimum Gasteiger partial charge on any atom is -0.468 e. The van der Waals surface area contributed by atoms with Crippen LogP contribution in [0.5, 0.6) is 0 Å². The number of Topliss-reactive ketones (excluding diaryl/α,β-unsaturated/α-hetero) is 1. The Morgan fingerprint density at radius 1 is 0.758 bits per heavy atom. The van der Waals surface area contributed by atoms with E-state index in [1.807, 2.05) is 6.07 Å². The van der Waals surface area contributed by atoms with Crippen molar-refractivity contribution in [2.75, 3.05) is 14.2 Å². The van der Waals surface area contributed by atoms with Crippen LogP contribution in [0.1, 0.15) is 33.3 Å². The van der Waals surface area contributed by atoms with Crippen LogP contribution in [0.15, 0.2) is 83.3 Å². The molecule has 0 aromatic heterocycles. The van der Waals surface area contributed by atoms with Crippen molar-refractivity contribution >= 4 is 45.3 Å². The molecule has 0 saturated heterocycles. The van der Waals surface area contributed by atoms with Crippen molar-refractivity contribution in [2.24, 2.45) is 5.92 Å². The van der Waals surface area contributed by atoms with Gasteiger partial charge in [-0.05, 0) is 35.4 Å². The average Bonchev–Trinajstić information content (AvgIpc) is 2.84. The molecule has 0 saturated carbocycles. The van der Waals surface area contributed by atoms with Crippen LogP contribution in [0.3, 0.4) is 0 Å². The van der Waals surface area contributed by atoms with Gasteiger partial charge in [0.2, 0.25) is 0 Å². The Kier molecular flexibility index (Phi) is 8.42. The van der Waals surface area contributed by atoms with Crippen LogP contribution in [0.2, 0.25) is 5.02 Å². The van der Waals surface area contributed by atoms with Gasteiger partial charge in [0.05, 0.1) is 20.1 Å². The lowest BCUT2D eigenvalue weighted by Crippen LogP contribution is -2.37. The zero-order valence-electron chi connectivity index (χ0n) is 18.0. The fraction of sp³-hybridized carbons (Fsp3) is 0.192. The van der Waals surface area contributed by atoms with Gasteiger partial charge >= 0.3 is 11.9 Å². The van der Waals surface area contributed by atoms with Gasteiger partial charge in [-0.15, -0.1) is 0 Å². The number of carbonyl (C=O) groups is 3. The molecular weight excluding hydrogens is 508 g/mol. The lowest BCUT2D eigenvalue weighted by Gasteiger charge is -2.31. The molecule has 0 aliphatic heterocycles. The normalized spacial score (nSPS) is 12.6. The van der Waals surface area contributed by atoms with Crippen LogP contribution in [-0.2, 0) is 19.1 Å². The first-order valence-corrected chi connectivity index (χ1v) is 11.3. The van der Waals surface area contributed by atoms with E-state index in [1.54, 1.807) is 72.8 Å². The second kappa shape index (κ2) is 11.3. The Morgan fingerprint density at radius 2 is 1.30 bits per heavy atom. The molecule has 170 valence electrons. The van der Waals surface area contributed by atoms with Crippen molar-refractivity contribution in [1.82, 2.24) is 0 Å². The van der Waals surface area contributed by atoms with Gasteiger partial charge in [0.1, 0.15) is 0 Å². The molecule has 7 heteroatoms. The molecule has 5 nitrogen and oxygen atoms in total. The van der Waals surface area contributed by atoms with Gasteiger partial charge in [0.15, 0.2) is 11.7 Å². The highest BCUT2D eigenvalue weighted by molar-refractivity contribution is 9.10. The van der Waals surface area contributed by atoms with Crippen LogP contribution in [0, 0.1) is 5.92 Å². The summed E-state index contributed by atoms with van der Waals surface area (Å²) < 4.78 is 10.8. The van der Waals surface area contributed by atoms with Gasteiger partial charge < -0.3 is 9.47 Å². The molecule has 2 atom stereocenters. The van der Waals surface area contributed by atoms with Crippen LogP contribution in [0.25, 0.3) is 0 Å². The summed E-state index contributed by atoms with van der Waals surface area (Å²) in [7, 11) is 2.40. The maximum absolute atomic E-state index is 13.9. The molecule has 33 heavy (non-hydrogen) atoms. The van der Waals surface area contributed by atoms with E-state index in [-0.39, 0.29) is 5.78 Å². The second-order valence-electron chi connectivity index (χ2n) is 7.36. The first kappa shape index (κ1) is 24.7. The summed E-state index contributed by atoms with van der Waals surface area (Å²) >= 11 is 9.47. The van der Waals surface area contributed by atoms with Crippen LogP contribution in [0.4, 0.5) is 0 Å². The van der Waals surface area contributed by atoms with Crippen molar-refractivity contribution in [3.05, 3.63) is 105 Å². The van der Waals surface area contributed by atoms with Gasteiger partial charge in [-0.3, -0.25) is 14.4 Å². The minimum atomic E-state index is -1.37. The Morgan fingerprint density at radius 3 is 1.82 bits per heavy atom. The fourth-order valence-corrected chi connectivity index (χ4v) is 4.27. The van der Waals surface area contributed by atoms with E-state index < -0.39 is 29.7 Å². The standard InChI is InChI=1S/C26H22BrClO5/c1-32-25(30)23(26(31)33-2)21(17-10-14-20(28)15-11-17)22(16-6-4-3-5-7-16)24(29)18-8-12-19(27)13-9-18/h3-15,21-23H,1-2H3/t21-,22+/m0/s1. The zero-order chi connectivity index (χ0) is 24.0. The number of ketones is 1. The van der Waals surface area contributed by atoms with Gasteiger partial charge in [-0.1, -0.05) is 82.1 Å². The molecular formula is C26H22BrClO5. The van der Waals surface area contributed by atoms with Crippen molar-refractivity contribution in [3.8, 4) is 0 Å². The number of ether oxygens (including phenoxy) is 2. The molecule has 0 fully saturated rings. The summed E-state index contributed by atoms with van der Waals surface area (Å²) in [6.07, 6.45) is 0. The highest BCUT2D eigenvalue weighted by Gasteiger charge is 2.45. The summed E-state index contributed by atoms with van der Waals surface area (Å²) in [5.41, 5.74) is 1.68. The number of halogens is 2. The van der Waals surface area contributed by atoms with E-state index >= 15 is 0 Å². The quantitative estimate of drug-likeness (QED) is 0.209. The number of benzene rings is 3. The predicted octanol–water partition coefficient (Wildman–Crippen LogP) is 5.82. The summed E-state index contributed by atoms with van der Waals surface area (Å²) in [6.45, 7) is 0. The molecule has 3 aromatic carbocycles. The van der Waals surface area contributed by atoms with Gasteiger partial charge in [0, 0.05) is 21.0 Å². The first-order chi connectivity index (χ1) is 15.9. The van der Waals surface area contributed by atoms with Crippen molar-refractivity contribution in [2.45, 2.75) is 11.8 Å². The topological polar surface area (TPSA) is 69.7 Å². The predicted molar refractivity (Wildman–Crippen MR) is 129 cm³/mol. The summed E-state index contributed by atoms with van der Waals surface area (Å²) in [6, 6.07) is 22.7. The SMILES string of the molecule is COC(=O)C(C(=O)OC)[C@@H](c1ccc(Cl)cc1)[C@H](C(=O)c1ccc(Br)cc1)c1ccccc1. The summed E-state index contributed by atoms with van der Waals surface area (Å²) in [5.74, 6) is -4.97. The first-order valence-electron chi connectivity index (χ1n) is 10.1. The van der Waals surface area contributed by atoms with E-state index in [1.165, 1.54) is 14.2 Å². The minimum absolute atomic E-state index is 0.244. The molecule has 0 N–H and O–H groups in total. The third-order valence-corrected chi connectivity index (χ3v) is 6.23. The highest BCUT2D eigenvalue weighted by atomic mass is 79.9. The smallest absolute Gasteiger partial charge is 0.320 e. The number of hydrogen-bond acceptors (Lipinski definition) is 5. The van der Waals surface area contributed by atoms with Crippen molar-refractivity contribution in [1.29, 1.82) is 0 Å². The van der Waals surface area contributed by atoms with Gasteiger partial charge in [0.25, 0.3) is 0 Å². The van der Waals surface area contributed by atoms with E-state index in [9.17, 15) is 14.4 Å². The number of rotatable bonds is 8. The van der Waals surface area contributed by atoms with E-state index in [2.05, 4.69) is 15.9 Å². The Labute approximate surface area is 205 Å². The lowest BCUT2D eigenvalue weighted by atomic mass is 9.71. The summed E-state index contributed by atoms with van der Waals surface area (Å²) in [4.78, 5) is 39.7. The molecule has 0 bridgehead atoms. The van der Waals surface area contributed by atoms with E-state index in [0.29, 0.717) is 21.7 Å². The molecule has 0 radical (unpaired) electrons. The fourth-order valence-electron chi connectivity index (χ4n) is 3.88. The number of carbonyl (C=O) groups excluding carboxylic acids is 3. The van der Waals surface area contributed by atoms with Crippen LogP contribution >= 0.6 is 27.5 Å². The average molecular weight is 530 g/mol. The number of esters is 2. The van der Waals surface area contributed by atoms with Gasteiger partial charge in [-0.2, -0.15) is 0 Å². The maximum atomic E-state index is 13.9. The molecule has 0 amide bonds. The molecule has 3 rings (SSSR count). The Bertz CT molecular complexity index is 1100. The molecule has 0 spiro atoms. The summed E-state index contributed by atoms with van der Waals surface area (Å²) in [5, 5.41) is 0.487. The monoisotopic (exact) mass is 528 g/mol. The molecule has 0 aliphatic rings. The Balaban J connectivity index is 2.27. The molecule has 0 aliphatic carbocycles. The van der Waals surface area contributed by atoms with Crippen LogP contribution < -0.4 is 0 Å². The van der Waals surface area contributed by atoms with Crippen molar-refractivity contribution < 1.29 is 23.9 Å². The van der Waals surface area contributed by atoms with E-state index in [0.717, 1.165) is 4.47 Å². The molecule has 0 heterocycles. The van der Waals surface area contributed by atoms with E-state index in [4.69, 9.17) is 21.1 Å². The molecule has 3 aromatic rings. The number of methoxy groups -OCH3 is 2. The van der Waals surface area contributed by atoms with Crippen LogP contribution in [-0.4, -0.2) is 31.9 Å². The Hall–Kier alpha value is -2.96. The largest absolute Gasteiger partial charge is 0.468 e. The third-order valence-electron chi connectivity index (χ3n) is 5.45. The second-order valence-corrected chi connectivity index (χ2v) is 8.71. The maximum Gasteiger partial charge on any atom is 0.320 e. The van der Waals surface area contributed by atoms with Gasteiger partial charge in [-0.25, -0.2) is 0 Å². The third kappa shape index (κ3) is 5.70. The number of hydrogen-bond donors (Lipinski definition) is 0. The van der Waals surface area contributed by atoms with Crippen molar-refractivity contribution in [3.63, 3.8) is 0 Å². The molecule has 0 unspecified atom stereocenters. The lowest BCUT2D eigenvalue weighted by molar-refractivity contribution is -0.160. The zero-order valence-corrected chi connectivity index (χ0v) is 20.4.